The van der Waals surface area contributed by atoms with Gasteiger partial charge in [0.25, 0.3) is 0 Å². The van der Waals surface area contributed by atoms with Crippen molar-refractivity contribution >= 4 is 29.9 Å². The van der Waals surface area contributed by atoms with Gasteiger partial charge in [0.15, 0.2) is 5.96 Å². The van der Waals surface area contributed by atoms with Crippen LogP contribution in [0.5, 0.6) is 0 Å². The number of guanidine groups is 1. The van der Waals surface area contributed by atoms with Gasteiger partial charge in [0.05, 0.1) is 0 Å². The van der Waals surface area contributed by atoms with Crippen LogP contribution in [-0.4, -0.2) is 64.0 Å². The fraction of sp³-hybridized carbons (Fsp3) is 0.947. The minimum absolute atomic E-state index is 0. The average Bonchev–Trinajstić information content (AvgIpc) is 3.25. The second-order valence-corrected chi connectivity index (χ2v) is 7.84. The van der Waals surface area contributed by atoms with Crippen LogP contribution in [0.2, 0.25) is 0 Å². The summed E-state index contributed by atoms with van der Waals surface area (Å²) < 4.78 is 11.2. The molecule has 25 heavy (non-hydrogen) atoms. The molecule has 1 saturated carbocycles. The molecule has 0 amide bonds. The first-order valence-electron chi connectivity index (χ1n) is 9.92. The maximum absolute atomic E-state index is 5.84. The highest BCUT2D eigenvalue weighted by atomic mass is 127. The summed E-state index contributed by atoms with van der Waals surface area (Å²) in [6.45, 7) is 6.86. The van der Waals surface area contributed by atoms with Gasteiger partial charge in [-0.05, 0) is 49.9 Å². The number of nitrogens with zero attached hydrogens (tertiary/aromatic N) is 2. The Labute approximate surface area is 170 Å². The molecular weight excluding hydrogens is 429 g/mol. The molecule has 2 aliphatic heterocycles. The van der Waals surface area contributed by atoms with Crippen LogP contribution in [0.3, 0.4) is 0 Å². The number of nitrogens with one attached hydrogen (secondary N) is 1. The molecule has 0 aromatic carbocycles. The first kappa shape index (κ1) is 21.2. The smallest absolute Gasteiger partial charge is 0.193 e. The average molecular weight is 465 g/mol. The molecule has 3 rings (SSSR count). The number of hydrogen-bond acceptors (Lipinski definition) is 3. The molecule has 146 valence electrons. The van der Waals surface area contributed by atoms with Crippen molar-refractivity contribution in [2.45, 2.75) is 51.4 Å². The fourth-order valence-corrected chi connectivity index (χ4v) is 4.52. The highest BCUT2D eigenvalue weighted by Crippen LogP contribution is 2.45. The van der Waals surface area contributed by atoms with Crippen molar-refractivity contribution in [3.05, 3.63) is 0 Å². The number of likely N-dealkylation sites (tertiary alicyclic amines) is 1. The Morgan fingerprint density at radius 1 is 1.24 bits per heavy atom. The van der Waals surface area contributed by atoms with E-state index < -0.39 is 0 Å². The summed E-state index contributed by atoms with van der Waals surface area (Å²) in [5.41, 5.74) is 0.602. The number of rotatable bonds is 6. The third-order valence-corrected chi connectivity index (χ3v) is 6.06. The minimum atomic E-state index is 0. The van der Waals surface area contributed by atoms with Gasteiger partial charge in [-0.2, -0.15) is 0 Å². The van der Waals surface area contributed by atoms with Crippen LogP contribution in [0.15, 0.2) is 4.99 Å². The van der Waals surface area contributed by atoms with Crippen molar-refractivity contribution in [3.63, 3.8) is 0 Å². The zero-order valence-corrected chi connectivity index (χ0v) is 18.1. The lowest BCUT2D eigenvalue weighted by atomic mass is 9.86. The van der Waals surface area contributed by atoms with Gasteiger partial charge in [0.2, 0.25) is 0 Å². The number of aliphatic imine (C=N–C) groups is 1. The number of halogens is 1. The highest BCUT2D eigenvalue weighted by Gasteiger charge is 2.40. The molecule has 0 aromatic rings. The van der Waals surface area contributed by atoms with Gasteiger partial charge in [0, 0.05) is 53.1 Å². The molecule has 1 N–H and O–H groups in total. The summed E-state index contributed by atoms with van der Waals surface area (Å²) in [6, 6.07) is 0. The van der Waals surface area contributed by atoms with Gasteiger partial charge in [-0.15, -0.1) is 24.0 Å². The molecule has 1 aliphatic carbocycles. The normalized spacial score (nSPS) is 23.9. The van der Waals surface area contributed by atoms with Gasteiger partial charge >= 0.3 is 0 Å². The monoisotopic (exact) mass is 465 g/mol. The van der Waals surface area contributed by atoms with Gasteiger partial charge in [-0.3, -0.25) is 4.99 Å². The van der Waals surface area contributed by atoms with Crippen molar-refractivity contribution in [1.82, 2.24) is 10.2 Å². The summed E-state index contributed by atoms with van der Waals surface area (Å²) in [5.74, 6) is 1.79. The lowest BCUT2D eigenvalue weighted by Gasteiger charge is -2.26. The Balaban J connectivity index is 0.00000225. The van der Waals surface area contributed by atoms with Crippen LogP contribution < -0.4 is 5.32 Å². The van der Waals surface area contributed by atoms with E-state index in [1.165, 1.54) is 45.2 Å². The SMILES string of the molecule is CN=C(NCCCOCC1CCOCC1)N1CCC2(CCCC2)C1.I. The topological polar surface area (TPSA) is 46.1 Å². The molecule has 5 nitrogen and oxygen atoms in total. The van der Waals surface area contributed by atoms with Gasteiger partial charge < -0.3 is 19.7 Å². The third kappa shape index (κ3) is 6.24. The van der Waals surface area contributed by atoms with Crippen LogP contribution in [-0.2, 0) is 9.47 Å². The zero-order chi connectivity index (χ0) is 16.7. The highest BCUT2D eigenvalue weighted by molar-refractivity contribution is 14.0. The fourth-order valence-electron chi connectivity index (χ4n) is 4.52. The summed E-state index contributed by atoms with van der Waals surface area (Å²) in [6.07, 6.45) is 10.4. The van der Waals surface area contributed by atoms with E-state index in [1.54, 1.807) is 0 Å². The van der Waals surface area contributed by atoms with Crippen molar-refractivity contribution in [3.8, 4) is 0 Å². The summed E-state index contributed by atoms with van der Waals surface area (Å²) in [4.78, 5) is 6.96. The van der Waals surface area contributed by atoms with Crippen molar-refractivity contribution < 1.29 is 9.47 Å². The van der Waals surface area contributed by atoms with Crippen molar-refractivity contribution in [1.29, 1.82) is 0 Å². The number of hydrogen-bond donors (Lipinski definition) is 1. The minimum Gasteiger partial charge on any atom is -0.381 e. The molecule has 2 saturated heterocycles. The first-order valence-corrected chi connectivity index (χ1v) is 9.92. The van der Waals surface area contributed by atoms with E-state index in [4.69, 9.17) is 9.47 Å². The molecule has 2 heterocycles. The van der Waals surface area contributed by atoms with Gasteiger partial charge in [-0.25, -0.2) is 0 Å². The Morgan fingerprint density at radius 3 is 2.72 bits per heavy atom. The third-order valence-electron chi connectivity index (χ3n) is 6.06. The molecular formula is C19H36IN3O2. The summed E-state index contributed by atoms with van der Waals surface area (Å²) >= 11 is 0. The molecule has 0 atom stereocenters. The van der Waals surface area contributed by atoms with Gasteiger partial charge in [-0.1, -0.05) is 12.8 Å². The second-order valence-electron chi connectivity index (χ2n) is 7.84. The summed E-state index contributed by atoms with van der Waals surface area (Å²) in [7, 11) is 1.91. The molecule has 1 spiro atoms. The second kappa shape index (κ2) is 10.9. The van der Waals surface area contributed by atoms with Crippen LogP contribution >= 0.6 is 24.0 Å². The molecule has 3 aliphatic rings. The number of ether oxygens (including phenoxy) is 2. The molecule has 3 fully saturated rings. The Bertz CT molecular complexity index is 407. The quantitative estimate of drug-likeness (QED) is 0.283. The molecule has 6 heteroatoms. The maximum atomic E-state index is 5.84. The van der Waals surface area contributed by atoms with E-state index in [1.807, 2.05) is 7.05 Å². The molecule has 0 unspecified atom stereocenters. The van der Waals surface area contributed by atoms with Crippen molar-refractivity contribution in [2.75, 3.05) is 53.1 Å². The lowest BCUT2D eigenvalue weighted by molar-refractivity contribution is 0.0203. The predicted octanol–water partition coefficient (Wildman–Crippen LogP) is 3.28. The van der Waals surface area contributed by atoms with Crippen molar-refractivity contribution in [2.24, 2.45) is 16.3 Å². The van der Waals surface area contributed by atoms with Crippen LogP contribution in [0.1, 0.15) is 51.4 Å². The van der Waals surface area contributed by atoms with Crippen LogP contribution in [0.4, 0.5) is 0 Å². The summed E-state index contributed by atoms with van der Waals surface area (Å²) in [5, 5.41) is 3.53. The zero-order valence-electron chi connectivity index (χ0n) is 15.8. The standard InChI is InChI=1S/C19H35N3O2.HI/c1-20-18(22-11-9-19(16-22)7-2-3-8-19)21-10-4-12-24-15-17-5-13-23-14-6-17;/h17H,2-16H2,1H3,(H,20,21);1H. The van der Waals surface area contributed by atoms with E-state index in [0.29, 0.717) is 11.3 Å². The lowest BCUT2D eigenvalue weighted by Crippen LogP contribution is -2.41. The van der Waals surface area contributed by atoms with Crippen LogP contribution in [0, 0.1) is 11.3 Å². The Kier molecular flexibility index (Phi) is 9.27. The molecule has 0 aromatic heterocycles. The Hall–Kier alpha value is -0.0800. The molecule has 0 bridgehead atoms. The van der Waals surface area contributed by atoms with E-state index in [9.17, 15) is 0 Å². The molecule has 0 radical (unpaired) electrons. The largest absolute Gasteiger partial charge is 0.381 e. The van der Waals surface area contributed by atoms with E-state index in [-0.39, 0.29) is 24.0 Å². The first-order chi connectivity index (χ1) is 11.8. The van der Waals surface area contributed by atoms with E-state index in [2.05, 4.69) is 15.2 Å². The van der Waals surface area contributed by atoms with E-state index >= 15 is 0 Å². The predicted molar refractivity (Wildman–Crippen MR) is 113 cm³/mol. The Morgan fingerprint density at radius 2 is 2.00 bits per heavy atom. The van der Waals surface area contributed by atoms with E-state index in [0.717, 1.165) is 58.2 Å². The maximum Gasteiger partial charge on any atom is 0.193 e. The van der Waals surface area contributed by atoms with Gasteiger partial charge in [0.1, 0.15) is 0 Å². The van der Waals surface area contributed by atoms with Crippen LogP contribution in [0.25, 0.3) is 0 Å².